The summed E-state index contributed by atoms with van der Waals surface area (Å²) >= 11 is 0. The fourth-order valence-electron chi connectivity index (χ4n) is 2.96. The number of hydrogen-bond acceptors (Lipinski definition) is 2. The normalized spacial score (nSPS) is 20.4. The Hall–Kier alpha value is -2.27. The number of amides is 1. The second-order valence-electron chi connectivity index (χ2n) is 5.77. The zero-order valence-electron chi connectivity index (χ0n) is 12.6. The third-order valence-electron chi connectivity index (χ3n) is 4.21. The molecular weight excluding hydrogens is 298 g/mol. The van der Waals surface area contributed by atoms with Crippen molar-refractivity contribution in [2.45, 2.75) is 12.5 Å². The van der Waals surface area contributed by atoms with Crippen molar-refractivity contribution in [3.63, 3.8) is 0 Å². The summed E-state index contributed by atoms with van der Waals surface area (Å²) in [5, 5.41) is 6.07. The summed E-state index contributed by atoms with van der Waals surface area (Å²) in [6, 6.07) is 12.4. The van der Waals surface area contributed by atoms with Gasteiger partial charge >= 0.3 is 0 Å². The molecule has 0 spiro atoms. The number of nitrogens with one attached hydrogen (secondary N) is 2. The van der Waals surface area contributed by atoms with Crippen LogP contribution in [0.2, 0.25) is 0 Å². The highest BCUT2D eigenvalue weighted by atomic mass is 19.1. The van der Waals surface area contributed by atoms with Gasteiger partial charge in [-0.1, -0.05) is 24.3 Å². The lowest BCUT2D eigenvalue weighted by Crippen LogP contribution is -2.34. The van der Waals surface area contributed by atoms with Crippen molar-refractivity contribution < 1.29 is 13.6 Å². The van der Waals surface area contributed by atoms with Crippen molar-refractivity contribution in [1.29, 1.82) is 0 Å². The van der Waals surface area contributed by atoms with Gasteiger partial charge in [-0.3, -0.25) is 4.79 Å². The minimum atomic E-state index is -0.300. The average molecular weight is 316 g/mol. The van der Waals surface area contributed by atoms with Crippen LogP contribution in [0.15, 0.2) is 48.5 Å². The average Bonchev–Trinajstić information content (AvgIpc) is 3.04. The number of carbonyl (C=O) groups is 1. The maximum atomic E-state index is 13.4. The zero-order chi connectivity index (χ0) is 16.2. The van der Waals surface area contributed by atoms with Gasteiger partial charge in [-0.2, -0.15) is 0 Å². The van der Waals surface area contributed by atoms with Crippen LogP contribution in [0.1, 0.15) is 17.0 Å². The quantitative estimate of drug-likeness (QED) is 0.910. The highest BCUT2D eigenvalue weighted by molar-refractivity contribution is 5.80. The molecule has 2 aromatic carbocycles. The van der Waals surface area contributed by atoms with E-state index in [1.807, 2.05) is 6.07 Å². The van der Waals surface area contributed by atoms with E-state index >= 15 is 0 Å². The van der Waals surface area contributed by atoms with Gasteiger partial charge in [0.2, 0.25) is 5.91 Å². The van der Waals surface area contributed by atoms with Crippen LogP contribution in [0, 0.1) is 17.6 Å². The minimum absolute atomic E-state index is 0.0427. The lowest BCUT2D eigenvalue weighted by Gasteiger charge is -2.18. The van der Waals surface area contributed by atoms with Crippen LogP contribution in [0.5, 0.6) is 0 Å². The topological polar surface area (TPSA) is 41.1 Å². The smallest absolute Gasteiger partial charge is 0.225 e. The summed E-state index contributed by atoms with van der Waals surface area (Å²) in [6.07, 6.45) is 0. The third-order valence-corrected chi connectivity index (χ3v) is 4.21. The van der Waals surface area contributed by atoms with E-state index in [-0.39, 0.29) is 29.4 Å². The standard InChI is InChI=1S/C18H18F2N2O/c19-14-6-4-12(5-7-14)9-22-18(23)17-11-21-10-16(17)13-2-1-3-15(20)8-13/h1-8,16-17,21H,9-11H2,(H,22,23). The first-order chi connectivity index (χ1) is 11.1. The fraction of sp³-hybridized carbons (Fsp3) is 0.278. The van der Waals surface area contributed by atoms with Crippen LogP contribution in [0.3, 0.4) is 0 Å². The van der Waals surface area contributed by atoms with E-state index < -0.39 is 0 Å². The van der Waals surface area contributed by atoms with Gasteiger partial charge in [-0.15, -0.1) is 0 Å². The highest BCUT2D eigenvalue weighted by Gasteiger charge is 2.33. The molecule has 0 aliphatic carbocycles. The van der Waals surface area contributed by atoms with Crippen LogP contribution in [0.25, 0.3) is 0 Å². The van der Waals surface area contributed by atoms with Crippen LogP contribution < -0.4 is 10.6 Å². The SMILES string of the molecule is O=C(NCc1ccc(F)cc1)C1CNCC1c1cccc(F)c1. The first kappa shape index (κ1) is 15.6. The van der Waals surface area contributed by atoms with Gasteiger partial charge in [-0.05, 0) is 35.4 Å². The molecule has 3 rings (SSSR count). The summed E-state index contributed by atoms with van der Waals surface area (Å²) in [4.78, 5) is 12.4. The molecule has 2 N–H and O–H groups in total. The number of benzene rings is 2. The molecule has 1 aliphatic heterocycles. The Kier molecular flexibility index (Phi) is 4.67. The summed E-state index contributed by atoms with van der Waals surface area (Å²) < 4.78 is 26.3. The number of hydrogen-bond donors (Lipinski definition) is 2. The Morgan fingerprint density at radius 3 is 2.61 bits per heavy atom. The minimum Gasteiger partial charge on any atom is -0.352 e. The van der Waals surface area contributed by atoms with Crippen molar-refractivity contribution in [3.05, 3.63) is 71.3 Å². The van der Waals surface area contributed by atoms with E-state index in [9.17, 15) is 13.6 Å². The molecule has 2 unspecified atom stereocenters. The van der Waals surface area contributed by atoms with Crippen molar-refractivity contribution in [1.82, 2.24) is 10.6 Å². The molecule has 0 aromatic heterocycles. The molecule has 23 heavy (non-hydrogen) atoms. The second-order valence-corrected chi connectivity index (χ2v) is 5.77. The first-order valence-corrected chi connectivity index (χ1v) is 7.62. The maximum absolute atomic E-state index is 13.4. The molecular formula is C18H18F2N2O. The Labute approximate surface area is 133 Å². The van der Waals surface area contributed by atoms with E-state index in [1.54, 1.807) is 18.2 Å². The summed E-state index contributed by atoms with van der Waals surface area (Å²) in [5.74, 6) is -0.948. The van der Waals surface area contributed by atoms with Gasteiger partial charge in [0, 0.05) is 25.6 Å². The maximum Gasteiger partial charge on any atom is 0.225 e. The fourth-order valence-corrected chi connectivity index (χ4v) is 2.96. The third kappa shape index (κ3) is 3.74. The molecule has 0 radical (unpaired) electrons. The molecule has 1 amide bonds. The predicted octanol–water partition coefficient (Wildman–Crippen LogP) is 2.58. The van der Waals surface area contributed by atoms with Crippen molar-refractivity contribution in [3.8, 4) is 0 Å². The number of halogens is 2. The number of rotatable bonds is 4. The molecule has 120 valence electrons. The van der Waals surface area contributed by atoms with E-state index in [2.05, 4.69) is 10.6 Å². The van der Waals surface area contributed by atoms with Crippen LogP contribution in [0.4, 0.5) is 8.78 Å². The van der Waals surface area contributed by atoms with Crippen LogP contribution in [-0.2, 0) is 11.3 Å². The van der Waals surface area contributed by atoms with E-state index in [0.29, 0.717) is 19.6 Å². The van der Waals surface area contributed by atoms with Crippen molar-refractivity contribution in [2.75, 3.05) is 13.1 Å². The summed E-state index contributed by atoms with van der Waals surface area (Å²) in [6.45, 7) is 1.57. The van der Waals surface area contributed by atoms with Crippen molar-refractivity contribution >= 4 is 5.91 Å². The highest BCUT2D eigenvalue weighted by Crippen LogP contribution is 2.28. The molecule has 2 atom stereocenters. The van der Waals surface area contributed by atoms with Gasteiger partial charge in [0.1, 0.15) is 11.6 Å². The molecule has 2 aromatic rings. The molecule has 0 saturated carbocycles. The van der Waals surface area contributed by atoms with Gasteiger partial charge in [-0.25, -0.2) is 8.78 Å². The van der Waals surface area contributed by atoms with Crippen LogP contribution >= 0.6 is 0 Å². The lowest BCUT2D eigenvalue weighted by molar-refractivity contribution is -0.125. The monoisotopic (exact) mass is 316 g/mol. The van der Waals surface area contributed by atoms with Gasteiger partial charge in [0.05, 0.1) is 5.92 Å². The number of carbonyl (C=O) groups excluding carboxylic acids is 1. The van der Waals surface area contributed by atoms with Crippen LogP contribution in [-0.4, -0.2) is 19.0 Å². The van der Waals surface area contributed by atoms with Gasteiger partial charge < -0.3 is 10.6 Å². The lowest BCUT2D eigenvalue weighted by atomic mass is 9.88. The molecule has 1 fully saturated rings. The van der Waals surface area contributed by atoms with Gasteiger partial charge in [0.15, 0.2) is 0 Å². The molecule has 3 nitrogen and oxygen atoms in total. The van der Waals surface area contributed by atoms with E-state index in [0.717, 1.165) is 11.1 Å². The van der Waals surface area contributed by atoms with Crippen molar-refractivity contribution in [2.24, 2.45) is 5.92 Å². The zero-order valence-corrected chi connectivity index (χ0v) is 12.6. The molecule has 1 saturated heterocycles. The summed E-state index contributed by atoms with van der Waals surface area (Å²) in [7, 11) is 0. The van der Waals surface area contributed by atoms with E-state index in [1.165, 1.54) is 24.3 Å². The predicted molar refractivity (Wildman–Crippen MR) is 83.7 cm³/mol. The Bertz CT molecular complexity index is 688. The molecule has 1 aliphatic rings. The Balaban J connectivity index is 1.65. The molecule has 5 heteroatoms. The molecule has 0 bridgehead atoms. The van der Waals surface area contributed by atoms with Gasteiger partial charge in [0.25, 0.3) is 0 Å². The first-order valence-electron chi connectivity index (χ1n) is 7.62. The molecule has 1 heterocycles. The Morgan fingerprint density at radius 2 is 1.87 bits per heavy atom. The largest absolute Gasteiger partial charge is 0.352 e. The Morgan fingerprint density at radius 1 is 1.09 bits per heavy atom. The van der Waals surface area contributed by atoms with E-state index in [4.69, 9.17) is 0 Å². The second kappa shape index (κ2) is 6.87. The summed E-state index contributed by atoms with van der Waals surface area (Å²) in [5.41, 5.74) is 1.67.